The van der Waals surface area contributed by atoms with Gasteiger partial charge in [-0.25, -0.2) is 14.3 Å². The van der Waals surface area contributed by atoms with E-state index in [1.165, 1.54) is 9.13 Å². The highest BCUT2D eigenvalue weighted by molar-refractivity contribution is 6.42. The Hall–Kier alpha value is -2.29. The van der Waals surface area contributed by atoms with Crippen molar-refractivity contribution in [3.63, 3.8) is 0 Å². The molecule has 3 heterocycles. The zero-order valence-electron chi connectivity index (χ0n) is 15.6. The first-order chi connectivity index (χ1) is 13.4. The Bertz CT molecular complexity index is 1160. The van der Waals surface area contributed by atoms with E-state index in [9.17, 15) is 9.59 Å². The third kappa shape index (κ3) is 3.21. The quantitative estimate of drug-likeness (QED) is 0.639. The highest BCUT2D eigenvalue weighted by Crippen LogP contribution is 2.27. The van der Waals surface area contributed by atoms with E-state index < -0.39 is 0 Å². The molecule has 2 aromatic heterocycles. The van der Waals surface area contributed by atoms with Crippen molar-refractivity contribution in [2.75, 3.05) is 31.1 Å². The van der Waals surface area contributed by atoms with Crippen LogP contribution in [0.15, 0.2) is 34.1 Å². The number of anilines is 1. The third-order valence-corrected chi connectivity index (χ3v) is 5.92. The molecule has 0 N–H and O–H groups in total. The number of benzene rings is 1. The van der Waals surface area contributed by atoms with Crippen LogP contribution in [0.4, 0.5) is 5.69 Å². The molecule has 1 aliphatic rings. The monoisotopic (exact) mass is 422 g/mol. The van der Waals surface area contributed by atoms with Crippen LogP contribution in [0.2, 0.25) is 10.0 Å². The molecule has 0 saturated carbocycles. The molecule has 0 bridgehead atoms. The van der Waals surface area contributed by atoms with Gasteiger partial charge in [-0.2, -0.15) is 0 Å². The zero-order valence-corrected chi connectivity index (χ0v) is 17.1. The SMILES string of the molecule is Cn1cnc2c1c(=O)n(CN1CCN(c3ccc(Cl)c(Cl)c3)CC1)c(=O)n2C. The smallest absolute Gasteiger partial charge is 0.333 e. The van der Waals surface area contributed by atoms with Crippen LogP contribution in [0, 0.1) is 0 Å². The van der Waals surface area contributed by atoms with Gasteiger partial charge in [0, 0.05) is 46.0 Å². The summed E-state index contributed by atoms with van der Waals surface area (Å²) in [5.41, 5.74) is 1.17. The van der Waals surface area contributed by atoms with Gasteiger partial charge >= 0.3 is 5.69 Å². The Kier molecular flexibility index (Phi) is 4.95. The first-order valence-electron chi connectivity index (χ1n) is 8.90. The third-order valence-electron chi connectivity index (χ3n) is 5.18. The number of nitrogens with zero attached hydrogens (tertiary/aromatic N) is 6. The normalized spacial score (nSPS) is 15.5. The molecule has 3 aromatic rings. The van der Waals surface area contributed by atoms with Crippen molar-refractivity contribution >= 4 is 40.1 Å². The average molecular weight is 423 g/mol. The Morgan fingerprint density at radius 2 is 1.75 bits per heavy atom. The second-order valence-electron chi connectivity index (χ2n) is 6.95. The van der Waals surface area contributed by atoms with Crippen LogP contribution in [0.1, 0.15) is 0 Å². The Labute approximate surface area is 171 Å². The minimum absolute atomic E-state index is 0.252. The molecule has 148 valence electrons. The molecule has 1 aliphatic heterocycles. The van der Waals surface area contributed by atoms with E-state index in [0.29, 0.717) is 21.2 Å². The largest absolute Gasteiger partial charge is 0.369 e. The van der Waals surface area contributed by atoms with Crippen molar-refractivity contribution in [2.45, 2.75) is 6.67 Å². The lowest BCUT2D eigenvalue weighted by atomic mass is 10.2. The van der Waals surface area contributed by atoms with Crippen molar-refractivity contribution in [1.82, 2.24) is 23.6 Å². The van der Waals surface area contributed by atoms with Crippen LogP contribution < -0.4 is 16.1 Å². The summed E-state index contributed by atoms with van der Waals surface area (Å²) in [5.74, 6) is 0. The molecule has 1 fully saturated rings. The lowest BCUT2D eigenvalue weighted by molar-refractivity contribution is 0.198. The summed E-state index contributed by atoms with van der Waals surface area (Å²) in [6.07, 6.45) is 1.55. The minimum Gasteiger partial charge on any atom is -0.369 e. The van der Waals surface area contributed by atoms with Gasteiger partial charge in [0.05, 0.1) is 23.0 Å². The van der Waals surface area contributed by atoms with Crippen molar-refractivity contribution in [1.29, 1.82) is 0 Å². The maximum Gasteiger partial charge on any atom is 0.333 e. The fourth-order valence-electron chi connectivity index (χ4n) is 3.55. The summed E-state index contributed by atoms with van der Waals surface area (Å²) in [7, 11) is 3.39. The molecule has 0 unspecified atom stereocenters. The first kappa shape index (κ1) is 19.0. The van der Waals surface area contributed by atoms with E-state index in [4.69, 9.17) is 23.2 Å². The molecular formula is C18H20Cl2N6O2. The van der Waals surface area contributed by atoms with Crippen LogP contribution in [-0.2, 0) is 20.8 Å². The molecule has 0 radical (unpaired) electrons. The van der Waals surface area contributed by atoms with Crippen molar-refractivity contribution in [3.05, 3.63) is 55.4 Å². The van der Waals surface area contributed by atoms with Crippen LogP contribution >= 0.6 is 23.2 Å². The van der Waals surface area contributed by atoms with Gasteiger partial charge < -0.3 is 9.47 Å². The Morgan fingerprint density at radius 1 is 1.04 bits per heavy atom. The molecule has 10 heteroatoms. The molecule has 4 rings (SSSR count). The summed E-state index contributed by atoms with van der Waals surface area (Å²) in [4.78, 5) is 34.0. The Balaban J connectivity index is 1.54. The number of aromatic nitrogens is 4. The van der Waals surface area contributed by atoms with Crippen molar-refractivity contribution in [2.24, 2.45) is 14.1 Å². The van der Waals surface area contributed by atoms with Gasteiger partial charge in [-0.3, -0.25) is 14.3 Å². The van der Waals surface area contributed by atoms with Gasteiger partial charge in [-0.05, 0) is 18.2 Å². The van der Waals surface area contributed by atoms with Gasteiger partial charge in [0.25, 0.3) is 5.56 Å². The molecule has 1 saturated heterocycles. The summed E-state index contributed by atoms with van der Waals surface area (Å²) >= 11 is 12.1. The van der Waals surface area contributed by atoms with Crippen LogP contribution in [0.5, 0.6) is 0 Å². The number of piperazine rings is 1. The Morgan fingerprint density at radius 3 is 2.43 bits per heavy atom. The second kappa shape index (κ2) is 7.27. The van der Waals surface area contributed by atoms with E-state index >= 15 is 0 Å². The highest BCUT2D eigenvalue weighted by atomic mass is 35.5. The number of aryl methyl sites for hydroxylation is 2. The van der Waals surface area contributed by atoms with Crippen LogP contribution in [0.3, 0.4) is 0 Å². The summed E-state index contributed by atoms with van der Waals surface area (Å²) in [6, 6.07) is 5.59. The predicted octanol–water partition coefficient (Wildman–Crippen LogP) is 1.52. The topological polar surface area (TPSA) is 68.3 Å². The standard InChI is InChI=1S/C18H20Cl2N6O2/c1-22-10-21-16-15(22)17(27)26(18(28)23(16)2)11-24-5-7-25(8-6-24)12-3-4-13(19)14(20)9-12/h3-4,9-10H,5-8,11H2,1-2H3. The average Bonchev–Trinajstić information content (AvgIpc) is 3.08. The van der Waals surface area contributed by atoms with Crippen molar-refractivity contribution < 1.29 is 0 Å². The maximum atomic E-state index is 12.8. The van der Waals surface area contributed by atoms with E-state index in [-0.39, 0.29) is 17.9 Å². The second-order valence-corrected chi connectivity index (χ2v) is 7.76. The summed E-state index contributed by atoms with van der Waals surface area (Å²) in [6.45, 7) is 3.22. The number of halogens is 2. The maximum absolute atomic E-state index is 12.8. The predicted molar refractivity (Wildman–Crippen MR) is 110 cm³/mol. The molecule has 0 amide bonds. The van der Waals surface area contributed by atoms with Gasteiger partial charge in [0.15, 0.2) is 11.2 Å². The number of rotatable bonds is 3. The first-order valence-corrected chi connectivity index (χ1v) is 9.65. The van der Waals surface area contributed by atoms with E-state index in [2.05, 4.69) is 14.8 Å². The molecule has 0 aliphatic carbocycles. The van der Waals surface area contributed by atoms with Gasteiger partial charge in [0.2, 0.25) is 0 Å². The number of hydrogen-bond donors (Lipinski definition) is 0. The fourth-order valence-corrected chi connectivity index (χ4v) is 3.84. The van der Waals surface area contributed by atoms with Gasteiger partial charge in [-0.15, -0.1) is 0 Å². The van der Waals surface area contributed by atoms with E-state index in [0.717, 1.165) is 31.9 Å². The van der Waals surface area contributed by atoms with Gasteiger partial charge in [-0.1, -0.05) is 23.2 Å². The van der Waals surface area contributed by atoms with Crippen LogP contribution in [0.25, 0.3) is 11.2 Å². The molecule has 1 aromatic carbocycles. The van der Waals surface area contributed by atoms with Gasteiger partial charge in [0.1, 0.15) is 0 Å². The zero-order chi connectivity index (χ0) is 20.0. The molecule has 28 heavy (non-hydrogen) atoms. The summed E-state index contributed by atoms with van der Waals surface area (Å²) < 4.78 is 4.34. The van der Waals surface area contributed by atoms with Crippen LogP contribution in [-0.4, -0.2) is 49.8 Å². The molecular weight excluding hydrogens is 403 g/mol. The molecule has 0 spiro atoms. The lowest BCUT2D eigenvalue weighted by Gasteiger charge is -2.36. The lowest BCUT2D eigenvalue weighted by Crippen LogP contribution is -2.50. The minimum atomic E-state index is -0.358. The summed E-state index contributed by atoms with van der Waals surface area (Å²) in [5, 5.41) is 1.06. The highest BCUT2D eigenvalue weighted by Gasteiger charge is 2.21. The number of hydrogen-bond acceptors (Lipinski definition) is 5. The number of imidazole rings is 1. The molecule has 0 atom stereocenters. The molecule has 8 nitrogen and oxygen atoms in total. The van der Waals surface area contributed by atoms with E-state index in [1.807, 2.05) is 12.1 Å². The number of fused-ring (bicyclic) bond motifs is 1. The van der Waals surface area contributed by atoms with Crippen molar-refractivity contribution in [3.8, 4) is 0 Å². The van der Waals surface area contributed by atoms with E-state index in [1.54, 1.807) is 31.1 Å². The fraction of sp³-hybridized carbons (Fsp3) is 0.389.